The molecular formula is C15H23NO4. The van der Waals surface area contributed by atoms with Crippen LogP contribution in [0.2, 0.25) is 0 Å². The summed E-state index contributed by atoms with van der Waals surface area (Å²) in [5.41, 5.74) is -0.0647. The number of hydrogen-bond acceptors (Lipinski definition) is 5. The number of hydrogen-bond donors (Lipinski definition) is 0. The lowest BCUT2D eigenvalue weighted by atomic mass is 9.90. The Morgan fingerprint density at radius 3 is 2.15 bits per heavy atom. The van der Waals surface area contributed by atoms with Gasteiger partial charge >= 0.3 is 0 Å². The normalized spacial score (nSPS) is 20.0. The fourth-order valence-electron chi connectivity index (χ4n) is 1.81. The van der Waals surface area contributed by atoms with Crippen molar-refractivity contribution in [2.24, 2.45) is 0 Å². The van der Waals surface area contributed by atoms with E-state index in [1.807, 2.05) is 52.8 Å². The third-order valence-electron chi connectivity index (χ3n) is 3.73. The molecule has 0 aromatic heterocycles. The Morgan fingerprint density at radius 2 is 1.65 bits per heavy atom. The van der Waals surface area contributed by atoms with Gasteiger partial charge in [0.05, 0.1) is 19.4 Å². The summed E-state index contributed by atoms with van der Waals surface area (Å²) < 4.78 is 10.8. The van der Waals surface area contributed by atoms with Gasteiger partial charge in [0.15, 0.2) is 11.5 Å². The predicted octanol–water partition coefficient (Wildman–Crippen LogP) is 3.33. The van der Waals surface area contributed by atoms with E-state index in [9.17, 15) is 0 Å². The van der Waals surface area contributed by atoms with Gasteiger partial charge in [-0.25, -0.2) is 9.68 Å². The lowest BCUT2D eigenvalue weighted by molar-refractivity contribution is -0.0274. The van der Waals surface area contributed by atoms with Crippen molar-refractivity contribution in [3.63, 3.8) is 0 Å². The van der Waals surface area contributed by atoms with Gasteiger partial charge < -0.3 is 9.47 Å². The van der Waals surface area contributed by atoms with Crippen molar-refractivity contribution >= 4 is 5.69 Å². The molecular weight excluding hydrogens is 258 g/mol. The molecule has 0 aliphatic carbocycles. The highest BCUT2D eigenvalue weighted by molar-refractivity contribution is 5.54. The third kappa shape index (κ3) is 2.55. The molecule has 0 radical (unpaired) electrons. The molecule has 112 valence electrons. The van der Waals surface area contributed by atoms with Gasteiger partial charge in [-0.05, 0) is 46.8 Å². The topological polar surface area (TPSA) is 40.2 Å². The zero-order chi connectivity index (χ0) is 15.0. The van der Waals surface area contributed by atoms with Gasteiger partial charge in [-0.2, -0.15) is 0 Å². The Bertz CT molecular complexity index is 469. The van der Waals surface area contributed by atoms with Crippen molar-refractivity contribution in [2.45, 2.75) is 45.8 Å². The fraction of sp³-hybridized carbons (Fsp3) is 0.600. The summed E-state index contributed by atoms with van der Waals surface area (Å²) in [4.78, 5) is 11.7. The molecule has 1 aromatic carbocycles. The number of rotatable bonds is 4. The lowest BCUT2D eigenvalue weighted by Crippen LogP contribution is -2.41. The van der Waals surface area contributed by atoms with Crippen LogP contribution in [0.4, 0.5) is 5.69 Å². The summed E-state index contributed by atoms with van der Waals surface area (Å²) in [5.74, 6) is 1.36. The Balaban J connectivity index is 2.29. The van der Waals surface area contributed by atoms with Crippen LogP contribution < -0.4 is 14.7 Å². The molecule has 0 bridgehead atoms. The van der Waals surface area contributed by atoms with Crippen molar-refractivity contribution in [3.05, 3.63) is 18.2 Å². The smallest absolute Gasteiger partial charge is 0.163 e. The van der Waals surface area contributed by atoms with Crippen molar-refractivity contribution < 1.29 is 19.1 Å². The van der Waals surface area contributed by atoms with Crippen LogP contribution in [0.5, 0.6) is 11.5 Å². The maximum atomic E-state index is 5.87. The molecule has 5 heteroatoms. The maximum absolute atomic E-state index is 5.87. The molecule has 1 aliphatic rings. The van der Waals surface area contributed by atoms with Crippen LogP contribution in [0.25, 0.3) is 0 Å². The minimum Gasteiger partial charge on any atom is -0.493 e. The van der Waals surface area contributed by atoms with Crippen LogP contribution in [0.15, 0.2) is 18.2 Å². The summed E-state index contributed by atoms with van der Waals surface area (Å²) in [5, 5.41) is 1.45. The number of benzene rings is 1. The second-order valence-electron chi connectivity index (χ2n) is 5.73. The second kappa shape index (κ2) is 5.14. The van der Waals surface area contributed by atoms with E-state index in [4.69, 9.17) is 19.1 Å². The molecule has 1 saturated heterocycles. The molecule has 20 heavy (non-hydrogen) atoms. The van der Waals surface area contributed by atoms with Crippen LogP contribution in [0, 0.1) is 0 Å². The summed E-state index contributed by atoms with van der Waals surface area (Å²) in [6.45, 7) is 10.5. The first kappa shape index (κ1) is 14.9. The molecule has 1 aliphatic heterocycles. The van der Waals surface area contributed by atoms with Crippen LogP contribution >= 0.6 is 0 Å². The van der Waals surface area contributed by atoms with Crippen LogP contribution in [0.3, 0.4) is 0 Å². The van der Waals surface area contributed by atoms with Crippen molar-refractivity contribution in [2.75, 3.05) is 18.9 Å². The van der Waals surface area contributed by atoms with Crippen LogP contribution in [0.1, 0.15) is 34.6 Å². The summed E-state index contributed by atoms with van der Waals surface area (Å²) >= 11 is 0. The van der Waals surface area contributed by atoms with Crippen molar-refractivity contribution in [3.8, 4) is 11.5 Å². The minimum absolute atomic E-state index is 0.418. The Labute approximate surface area is 120 Å². The molecule has 0 spiro atoms. The van der Waals surface area contributed by atoms with Gasteiger partial charge in [0.25, 0.3) is 0 Å². The van der Waals surface area contributed by atoms with Gasteiger partial charge in [0, 0.05) is 6.07 Å². The summed E-state index contributed by atoms with van der Waals surface area (Å²) in [6, 6.07) is 5.56. The first-order valence-electron chi connectivity index (χ1n) is 6.80. The Kier molecular flexibility index (Phi) is 3.84. The highest BCUT2D eigenvalue weighted by Crippen LogP contribution is 2.41. The second-order valence-corrected chi connectivity index (χ2v) is 5.73. The van der Waals surface area contributed by atoms with Gasteiger partial charge in [-0.3, -0.25) is 0 Å². The van der Waals surface area contributed by atoms with Crippen molar-refractivity contribution in [1.29, 1.82) is 0 Å². The summed E-state index contributed by atoms with van der Waals surface area (Å²) in [6.07, 6.45) is 0. The number of ether oxygens (including phenoxy) is 2. The van der Waals surface area contributed by atoms with E-state index in [1.165, 1.54) is 5.23 Å². The minimum atomic E-state index is -0.418. The molecule has 0 unspecified atom stereocenters. The van der Waals surface area contributed by atoms with Crippen LogP contribution in [-0.2, 0) is 9.68 Å². The molecule has 0 amide bonds. The van der Waals surface area contributed by atoms with E-state index in [-0.39, 0.29) is 0 Å². The quantitative estimate of drug-likeness (QED) is 0.846. The van der Waals surface area contributed by atoms with Crippen molar-refractivity contribution in [1.82, 2.24) is 0 Å². The standard InChI is InChI=1S/C15H23NO4/c1-7-18-13-10-11(8-9-12(13)17-6)16-19-14(2,3)15(4,5)20-16/h8-10H,7H2,1-6H3. The van der Waals surface area contributed by atoms with E-state index in [0.717, 1.165) is 5.69 Å². The fourth-order valence-corrected chi connectivity index (χ4v) is 1.81. The first-order chi connectivity index (χ1) is 9.30. The molecule has 2 rings (SSSR count). The largest absolute Gasteiger partial charge is 0.493 e. The van der Waals surface area contributed by atoms with E-state index in [2.05, 4.69) is 0 Å². The van der Waals surface area contributed by atoms with Gasteiger partial charge in [0.2, 0.25) is 0 Å². The monoisotopic (exact) mass is 281 g/mol. The van der Waals surface area contributed by atoms with Gasteiger partial charge in [-0.1, -0.05) is 0 Å². The number of methoxy groups -OCH3 is 1. The van der Waals surface area contributed by atoms with E-state index in [1.54, 1.807) is 7.11 Å². The summed E-state index contributed by atoms with van der Waals surface area (Å²) in [7, 11) is 1.62. The molecule has 1 fully saturated rings. The molecule has 1 heterocycles. The molecule has 0 atom stereocenters. The Morgan fingerprint density at radius 1 is 1.05 bits per heavy atom. The Hall–Kier alpha value is -1.46. The highest BCUT2D eigenvalue weighted by Gasteiger charge is 2.50. The van der Waals surface area contributed by atoms with E-state index < -0.39 is 11.2 Å². The first-order valence-corrected chi connectivity index (χ1v) is 6.80. The number of anilines is 1. The molecule has 0 N–H and O–H groups in total. The molecule has 1 aromatic rings. The number of nitrogens with zero attached hydrogens (tertiary/aromatic N) is 1. The van der Waals surface area contributed by atoms with E-state index >= 15 is 0 Å². The zero-order valence-corrected chi connectivity index (χ0v) is 13.0. The SMILES string of the molecule is CCOc1cc(N2OC(C)(C)C(C)(C)O2)ccc1OC. The highest BCUT2D eigenvalue weighted by atomic mass is 17.0. The lowest BCUT2D eigenvalue weighted by Gasteiger charge is -2.26. The van der Waals surface area contributed by atoms with Gasteiger partial charge in [-0.15, -0.1) is 5.23 Å². The van der Waals surface area contributed by atoms with Gasteiger partial charge in [0.1, 0.15) is 11.2 Å². The third-order valence-corrected chi connectivity index (χ3v) is 3.73. The average molecular weight is 281 g/mol. The van der Waals surface area contributed by atoms with Crippen LogP contribution in [-0.4, -0.2) is 24.9 Å². The molecule has 5 nitrogen and oxygen atoms in total. The zero-order valence-electron chi connectivity index (χ0n) is 13.0. The molecule has 0 saturated carbocycles. The average Bonchev–Trinajstić information content (AvgIpc) is 2.59. The predicted molar refractivity (Wildman–Crippen MR) is 77.0 cm³/mol. The van der Waals surface area contributed by atoms with E-state index in [0.29, 0.717) is 18.1 Å². The maximum Gasteiger partial charge on any atom is 0.163 e.